The van der Waals surface area contributed by atoms with Crippen molar-refractivity contribution in [3.8, 4) is 0 Å². The molecule has 0 aromatic carbocycles. The highest BCUT2D eigenvalue weighted by molar-refractivity contribution is 7.78. The molecule has 1 aromatic rings. The van der Waals surface area contributed by atoms with E-state index in [0.717, 1.165) is 31.6 Å². The maximum atomic E-state index is 5.17. The molecule has 0 aliphatic rings. The average molecular weight is 181 g/mol. The molecule has 0 unspecified atom stereocenters. The van der Waals surface area contributed by atoms with E-state index in [1.807, 2.05) is 12.1 Å². The third-order valence-electron chi connectivity index (χ3n) is 1.59. The van der Waals surface area contributed by atoms with Crippen LogP contribution in [0.25, 0.3) is 0 Å². The smallest absolute Gasteiger partial charge is 0.103 e. The molecule has 64 valence electrons. The zero-order valence-electron chi connectivity index (χ0n) is 6.82. The summed E-state index contributed by atoms with van der Waals surface area (Å²) in [4.78, 5) is 3.82. The van der Waals surface area contributed by atoms with Crippen molar-refractivity contribution in [2.45, 2.75) is 19.3 Å². The molecule has 1 aromatic heterocycles. The fourth-order valence-corrected chi connectivity index (χ4v) is 1.08. The van der Waals surface area contributed by atoms with Crippen LogP contribution >= 0.6 is 12.2 Å². The number of aryl methyl sites for hydroxylation is 1. The van der Waals surface area contributed by atoms with Crippen molar-refractivity contribution in [2.75, 3.05) is 6.54 Å². The maximum absolute atomic E-state index is 5.17. The standard InChI is InChI=1S/C9H11NOS/c12-8-10-6-2-1-4-9-5-3-7-11-9/h3,5,7H,1-2,4,6H2. The number of aliphatic imine (C=N–C) groups is 1. The van der Waals surface area contributed by atoms with Gasteiger partial charge in [-0.1, -0.05) is 0 Å². The van der Waals surface area contributed by atoms with Gasteiger partial charge in [-0.3, -0.25) is 0 Å². The Morgan fingerprint density at radius 1 is 1.50 bits per heavy atom. The third-order valence-corrected chi connectivity index (χ3v) is 1.72. The molecule has 0 atom stereocenters. The minimum Gasteiger partial charge on any atom is -0.469 e. The summed E-state index contributed by atoms with van der Waals surface area (Å²) < 4.78 is 5.17. The minimum atomic E-state index is 0.782. The summed E-state index contributed by atoms with van der Waals surface area (Å²) in [6.45, 7) is 0.782. The lowest BCUT2D eigenvalue weighted by molar-refractivity contribution is 0.499. The van der Waals surface area contributed by atoms with Crippen LogP contribution in [-0.4, -0.2) is 11.7 Å². The van der Waals surface area contributed by atoms with Gasteiger partial charge in [0.15, 0.2) is 0 Å². The lowest BCUT2D eigenvalue weighted by atomic mass is 10.2. The molecule has 0 amide bonds. The van der Waals surface area contributed by atoms with E-state index in [-0.39, 0.29) is 0 Å². The lowest BCUT2D eigenvalue weighted by Gasteiger charge is -1.93. The van der Waals surface area contributed by atoms with E-state index in [1.54, 1.807) is 6.26 Å². The van der Waals surface area contributed by atoms with Gasteiger partial charge < -0.3 is 4.42 Å². The minimum absolute atomic E-state index is 0.782. The van der Waals surface area contributed by atoms with Gasteiger partial charge in [0.05, 0.1) is 11.4 Å². The average Bonchev–Trinajstić information content (AvgIpc) is 2.57. The lowest BCUT2D eigenvalue weighted by Crippen LogP contribution is -1.85. The van der Waals surface area contributed by atoms with Crippen molar-refractivity contribution in [2.24, 2.45) is 4.99 Å². The van der Waals surface area contributed by atoms with Crippen molar-refractivity contribution in [1.29, 1.82) is 0 Å². The molecule has 0 saturated heterocycles. The Hall–Kier alpha value is -0.920. The van der Waals surface area contributed by atoms with Gasteiger partial charge in [0.2, 0.25) is 0 Å². The number of furan rings is 1. The van der Waals surface area contributed by atoms with E-state index in [2.05, 4.69) is 22.4 Å². The molecule has 0 saturated carbocycles. The molecular formula is C9H11NOS. The van der Waals surface area contributed by atoms with E-state index in [9.17, 15) is 0 Å². The van der Waals surface area contributed by atoms with Crippen LogP contribution in [0.5, 0.6) is 0 Å². The molecule has 1 rings (SSSR count). The zero-order chi connectivity index (χ0) is 8.65. The summed E-state index contributed by atoms with van der Waals surface area (Å²) in [6.07, 6.45) is 4.82. The highest BCUT2D eigenvalue weighted by Crippen LogP contribution is 2.04. The van der Waals surface area contributed by atoms with Crippen LogP contribution in [0.4, 0.5) is 0 Å². The molecular weight excluding hydrogens is 170 g/mol. The molecule has 0 bridgehead atoms. The Balaban J connectivity index is 2.07. The second kappa shape index (κ2) is 5.70. The molecule has 0 spiro atoms. The molecule has 3 heteroatoms. The van der Waals surface area contributed by atoms with Crippen LogP contribution in [0, 0.1) is 0 Å². The SMILES string of the molecule is S=C=NCCCCc1ccco1. The Kier molecular flexibility index (Phi) is 4.35. The highest BCUT2D eigenvalue weighted by atomic mass is 32.1. The number of rotatable bonds is 5. The zero-order valence-corrected chi connectivity index (χ0v) is 7.64. The fourth-order valence-electron chi connectivity index (χ4n) is 0.991. The largest absolute Gasteiger partial charge is 0.469 e. The molecule has 12 heavy (non-hydrogen) atoms. The highest BCUT2D eigenvalue weighted by Gasteiger charge is 1.93. The van der Waals surface area contributed by atoms with Crippen molar-refractivity contribution in [3.05, 3.63) is 24.2 Å². The molecule has 1 heterocycles. The molecule has 0 N–H and O–H groups in total. The second-order valence-electron chi connectivity index (χ2n) is 2.51. The van der Waals surface area contributed by atoms with Gasteiger partial charge in [-0.25, -0.2) is 4.99 Å². The summed E-state index contributed by atoms with van der Waals surface area (Å²) >= 11 is 4.45. The Labute approximate surface area is 77.3 Å². The first-order chi connectivity index (χ1) is 5.93. The van der Waals surface area contributed by atoms with Gasteiger partial charge in [-0.2, -0.15) is 0 Å². The van der Waals surface area contributed by atoms with Gasteiger partial charge in [0.25, 0.3) is 0 Å². The predicted octanol–water partition coefficient (Wildman–Crippen LogP) is 2.71. The van der Waals surface area contributed by atoms with Crippen LogP contribution in [0.15, 0.2) is 27.8 Å². The molecule has 0 radical (unpaired) electrons. The number of hydrogen-bond donors (Lipinski definition) is 0. The van der Waals surface area contributed by atoms with E-state index in [1.165, 1.54) is 0 Å². The van der Waals surface area contributed by atoms with Crippen molar-refractivity contribution < 1.29 is 4.42 Å². The topological polar surface area (TPSA) is 25.5 Å². The van der Waals surface area contributed by atoms with E-state index >= 15 is 0 Å². The first kappa shape index (κ1) is 9.17. The van der Waals surface area contributed by atoms with Crippen LogP contribution in [-0.2, 0) is 6.42 Å². The normalized spacial score (nSPS) is 9.33. The van der Waals surface area contributed by atoms with Crippen molar-refractivity contribution in [3.63, 3.8) is 0 Å². The quantitative estimate of drug-likeness (QED) is 0.396. The van der Waals surface area contributed by atoms with Crippen LogP contribution < -0.4 is 0 Å². The first-order valence-corrected chi connectivity index (χ1v) is 4.40. The Bertz CT molecular complexity index is 250. The van der Waals surface area contributed by atoms with Crippen molar-refractivity contribution in [1.82, 2.24) is 0 Å². The van der Waals surface area contributed by atoms with Gasteiger partial charge >= 0.3 is 0 Å². The number of isothiocyanates is 1. The van der Waals surface area contributed by atoms with Crippen LogP contribution in [0.1, 0.15) is 18.6 Å². The predicted molar refractivity (Wildman–Crippen MR) is 51.5 cm³/mol. The van der Waals surface area contributed by atoms with E-state index in [0.29, 0.717) is 0 Å². The summed E-state index contributed by atoms with van der Waals surface area (Å²) in [5, 5.41) is 2.35. The first-order valence-electron chi connectivity index (χ1n) is 3.99. The van der Waals surface area contributed by atoms with Gasteiger partial charge in [-0.15, -0.1) is 0 Å². The summed E-state index contributed by atoms with van der Waals surface area (Å²) in [5.74, 6) is 1.04. The molecule has 0 aliphatic heterocycles. The summed E-state index contributed by atoms with van der Waals surface area (Å²) in [7, 11) is 0. The number of thiocarbonyl (C=S) groups is 1. The van der Waals surface area contributed by atoms with Crippen LogP contribution in [0.3, 0.4) is 0 Å². The molecule has 2 nitrogen and oxygen atoms in total. The van der Waals surface area contributed by atoms with Crippen LogP contribution in [0.2, 0.25) is 0 Å². The van der Waals surface area contributed by atoms with E-state index < -0.39 is 0 Å². The third kappa shape index (κ3) is 3.46. The number of nitrogens with zero attached hydrogens (tertiary/aromatic N) is 1. The summed E-state index contributed by atoms with van der Waals surface area (Å²) in [6, 6.07) is 3.90. The molecule has 0 aliphatic carbocycles. The second-order valence-corrected chi connectivity index (χ2v) is 2.69. The summed E-state index contributed by atoms with van der Waals surface area (Å²) in [5.41, 5.74) is 0. The Morgan fingerprint density at radius 2 is 2.42 bits per heavy atom. The van der Waals surface area contributed by atoms with Crippen molar-refractivity contribution >= 4 is 17.4 Å². The Morgan fingerprint density at radius 3 is 3.08 bits per heavy atom. The monoisotopic (exact) mass is 181 g/mol. The maximum Gasteiger partial charge on any atom is 0.103 e. The number of hydrogen-bond acceptors (Lipinski definition) is 3. The van der Waals surface area contributed by atoms with Gasteiger partial charge in [0.1, 0.15) is 5.76 Å². The van der Waals surface area contributed by atoms with Gasteiger partial charge in [-0.05, 0) is 37.2 Å². The number of unbranched alkanes of at least 4 members (excludes halogenated alkanes) is 1. The van der Waals surface area contributed by atoms with E-state index in [4.69, 9.17) is 4.42 Å². The molecule has 0 fully saturated rings. The fraction of sp³-hybridized carbons (Fsp3) is 0.444. The van der Waals surface area contributed by atoms with Gasteiger partial charge in [0, 0.05) is 13.0 Å².